The molecule has 10 heavy (non-hydrogen) atoms. The highest BCUT2D eigenvalue weighted by molar-refractivity contribution is 9.10. The molecule has 0 aromatic heterocycles. The third-order valence-electron chi connectivity index (χ3n) is 0.722. The van der Waals surface area contributed by atoms with Crippen molar-refractivity contribution >= 4 is 27.9 Å². The Labute approximate surface area is 67.9 Å². The maximum Gasteiger partial charge on any atom is 0.329 e. The van der Waals surface area contributed by atoms with E-state index in [9.17, 15) is 9.59 Å². The normalized spacial score (nSPS) is 10.8. The molecular formula is C6H9BrO3. The zero-order chi connectivity index (χ0) is 8.36. The van der Waals surface area contributed by atoms with Gasteiger partial charge in [0.1, 0.15) is 4.32 Å². The predicted octanol–water partition coefficient (Wildman–Crippen LogP) is 1.25. The van der Waals surface area contributed by atoms with Crippen molar-refractivity contribution in [3.63, 3.8) is 0 Å². The van der Waals surface area contributed by atoms with Crippen LogP contribution < -0.4 is 0 Å². The van der Waals surface area contributed by atoms with Gasteiger partial charge in [0.25, 0.3) is 0 Å². The largest absolute Gasteiger partial charge is 0.392 e. The number of hydrogen-bond donors (Lipinski definition) is 0. The Morgan fingerprint density at radius 1 is 1.40 bits per heavy atom. The molecule has 0 saturated heterocycles. The molecule has 0 atom stereocenters. The minimum atomic E-state index is -0.779. The van der Waals surface area contributed by atoms with Crippen LogP contribution in [-0.2, 0) is 14.3 Å². The third kappa shape index (κ3) is 3.61. The van der Waals surface area contributed by atoms with E-state index < -0.39 is 16.3 Å². The standard InChI is InChI=1S/C6H9BrO3/c1-4(8)10-5(9)6(2,3)7/h1-3H3. The molecule has 0 unspecified atom stereocenters. The van der Waals surface area contributed by atoms with E-state index in [0.717, 1.165) is 0 Å². The van der Waals surface area contributed by atoms with E-state index in [1.165, 1.54) is 6.92 Å². The lowest BCUT2D eigenvalue weighted by Gasteiger charge is -2.11. The lowest BCUT2D eigenvalue weighted by Crippen LogP contribution is -2.28. The van der Waals surface area contributed by atoms with Gasteiger partial charge in [0.15, 0.2) is 0 Å². The topological polar surface area (TPSA) is 43.4 Å². The second-order valence-electron chi connectivity index (χ2n) is 2.35. The highest BCUT2D eigenvalue weighted by atomic mass is 79.9. The fourth-order valence-corrected chi connectivity index (χ4v) is 0.333. The summed E-state index contributed by atoms with van der Waals surface area (Å²) in [5.41, 5.74) is 0. The highest BCUT2D eigenvalue weighted by Gasteiger charge is 2.26. The van der Waals surface area contributed by atoms with Gasteiger partial charge in [0, 0.05) is 6.92 Å². The molecule has 0 saturated carbocycles. The van der Waals surface area contributed by atoms with Crippen molar-refractivity contribution in [1.29, 1.82) is 0 Å². The average Bonchev–Trinajstić information content (AvgIpc) is 1.60. The van der Waals surface area contributed by atoms with Crippen LogP contribution in [0.15, 0.2) is 0 Å². The Balaban J connectivity index is 3.99. The predicted molar refractivity (Wildman–Crippen MR) is 39.8 cm³/mol. The molecule has 0 aromatic carbocycles. The average molecular weight is 209 g/mol. The highest BCUT2D eigenvalue weighted by Crippen LogP contribution is 2.17. The Kier molecular flexibility index (Phi) is 3.02. The van der Waals surface area contributed by atoms with Crippen molar-refractivity contribution < 1.29 is 14.3 Å². The zero-order valence-electron chi connectivity index (χ0n) is 6.10. The zero-order valence-corrected chi connectivity index (χ0v) is 7.69. The fraction of sp³-hybridized carbons (Fsp3) is 0.667. The maximum atomic E-state index is 10.8. The van der Waals surface area contributed by atoms with Crippen molar-refractivity contribution in [3.8, 4) is 0 Å². The monoisotopic (exact) mass is 208 g/mol. The first-order valence-corrected chi connectivity index (χ1v) is 3.55. The molecule has 4 heteroatoms. The number of alkyl halides is 1. The molecule has 58 valence electrons. The first-order valence-electron chi connectivity index (χ1n) is 2.76. The van der Waals surface area contributed by atoms with Crippen LogP contribution in [0, 0.1) is 0 Å². The summed E-state index contributed by atoms with van der Waals surface area (Å²) in [4.78, 5) is 21.0. The number of carbonyl (C=O) groups excluding carboxylic acids is 2. The SMILES string of the molecule is CC(=O)OC(=O)C(C)(C)Br. The van der Waals surface area contributed by atoms with Crippen molar-refractivity contribution in [1.82, 2.24) is 0 Å². The van der Waals surface area contributed by atoms with Crippen LogP contribution in [-0.4, -0.2) is 16.3 Å². The molecule has 0 fully saturated rings. The second kappa shape index (κ2) is 3.14. The van der Waals surface area contributed by atoms with Crippen molar-refractivity contribution in [3.05, 3.63) is 0 Å². The number of esters is 2. The Morgan fingerprint density at radius 3 is 1.90 bits per heavy atom. The van der Waals surface area contributed by atoms with Gasteiger partial charge >= 0.3 is 11.9 Å². The van der Waals surface area contributed by atoms with Crippen LogP contribution in [0.4, 0.5) is 0 Å². The minimum Gasteiger partial charge on any atom is -0.392 e. The molecule has 0 N–H and O–H groups in total. The van der Waals surface area contributed by atoms with Crippen molar-refractivity contribution in [2.24, 2.45) is 0 Å². The van der Waals surface area contributed by atoms with E-state index in [2.05, 4.69) is 20.7 Å². The Hall–Kier alpha value is -0.380. The van der Waals surface area contributed by atoms with Gasteiger partial charge in [-0.05, 0) is 13.8 Å². The molecule has 0 aromatic rings. The molecule has 0 rings (SSSR count). The summed E-state index contributed by atoms with van der Waals surface area (Å²) in [6.45, 7) is 4.41. The smallest absolute Gasteiger partial charge is 0.329 e. The Bertz CT molecular complexity index is 157. The van der Waals surface area contributed by atoms with Gasteiger partial charge in [0.05, 0.1) is 0 Å². The van der Waals surface area contributed by atoms with E-state index in [1.54, 1.807) is 13.8 Å². The summed E-state index contributed by atoms with van der Waals surface area (Å²) in [6, 6.07) is 0. The lowest BCUT2D eigenvalue weighted by molar-refractivity contribution is -0.159. The van der Waals surface area contributed by atoms with E-state index in [0.29, 0.717) is 0 Å². The molecule has 0 bridgehead atoms. The van der Waals surface area contributed by atoms with Gasteiger partial charge in [-0.2, -0.15) is 0 Å². The minimum absolute atomic E-state index is 0.569. The summed E-state index contributed by atoms with van der Waals surface area (Å²) in [5.74, 6) is -1.16. The first kappa shape index (κ1) is 9.62. The second-order valence-corrected chi connectivity index (χ2v) is 4.34. The van der Waals surface area contributed by atoms with Crippen LogP contribution in [0.25, 0.3) is 0 Å². The summed E-state index contributed by atoms with van der Waals surface area (Å²) < 4.78 is 3.51. The molecular weight excluding hydrogens is 200 g/mol. The fourth-order valence-electron chi connectivity index (χ4n) is 0.252. The van der Waals surface area contributed by atoms with Crippen LogP contribution in [0.1, 0.15) is 20.8 Å². The van der Waals surface area contributed by atoms with Crippen LogP contribution >= 0.6 is 15.9 Å². The van der Waals surface area contributed by atoms with E-state index in [1.807, 2.05) is 0 Å². The van der Waals surface area contributed by atoms with Crippen LogP contribution in [0.2, 0.25) is 0 Å². The van der Waals surface area contributed by atoms with Gasteiger partial charge < -0.3 is 4.74 Å². The van der Waals surface area contributed by atoms with E-state index in [-0.39, 0.29) is 0 Å². The Morgan fingerprint density at radius 2 is 1.80 bits per heavy atom. The summed E-state index contributed by atoms with van der Waals surface area (Å²) in [5, 5.41) is 0. The van der Waals surface area contributed by atoms with Crippen LogP contribution in [0.3, 0.4) is 0 Å². The molecule has 0 aliphatic rings. The maximum absolute atomic E-state index is 10.8. The van der Waals surface area contributed by atoms with Crippen molar-refractivity contribution in [2.45, 2.75) is 25.1 Å². The molecule has 0 heterocycles. The number of ether oxygens (including phenoxy) is 1. The van der Waals surface area contributed by atoms with Crippen molar-refractivity contribution in [2.75, 3.05) is 0 Å². The summed E-state index contributed by atoms with van der Waals surface area (Å²) >= 11 is 3.05. The van der Waals surface area contributed by atoms with E-state index in [4.69, 9.17) is 0 Å². The number of rotatable bonds is 1. The molecule has 0 radical (unpaired) electrons. The third-order valence-corrected chi connectivity index (χ3v) is 1.05. The van der Waals surface area contributed by atoms with E-state index >= 15 is 0 Å². The molecule has 0 amide bonds. The molecule has 0 aliphatic heterocycles. The first-order chi connectivity index (χ1) is 4.34. The summed E-state index contributed by atoms with van der Waals surface area (Å²) in [6.07, 6.45) is 0. The molecule has 0 aliphatic carbocycles. The number of halogens is 1. The van der Waals surface area contributed by atoms with Gasteiger partial charge in [-0.3, -0.25) is 9.59 Å². The number of carbonyl (C=O) groups is 2. The van der Waals surface area contributed by atoms with Crippen LogP contribution in [0.5, 0.6) is 0 Å². The lowest BCUT2D eigenvalue weighted by atomic mass is 10.2. The quantitative estimate of drug-likeness (QED) is 0.370. The summed E-state index contributed by atoms with van der Waals surface area (Å²) in [7, 11) is 0. The van der Waals surface area contributed by atoms with Gasteiger partial charge in [0.2, 0.25) is 0 Å². The molecule has 3 nitrogen and oxygen atoms in total. The molecule has 0 spiro atoms. The number of hydrogen-bond acceptors (Lipinski definition) is 3. The van der Waals surface area contributed by atoms with Gasteiger partial charge in [-0.1, -0.05) is 15.9 Å². The van der Waals surface area contributed by atoms with Gasteiger partial charge in [-0.15, -0.1) is 0 Å². The van der Waals surface area contributed by atoms with Gasteiger partial charge in [-0.25, -0.2) is 0 Å².